The molecule has 1 N–H and O–H groups in total. The molecule has 4 heteroatoms. The lowest BCUT2D eigenvalue weighted by Gasteiger charge is -2.54. The van der Waals surface area contributed by atoms with E-state index in [0.717, 1.165) is 0 Å². The number of ketones is 1. The van der Waals surface area contributed by atoms with Crippen LogP contribution >= 0.6 is 0 Å². The van der Waals surface area contributed by atoms with Gasteiger partial charge in [0.15, 0.2) is 6.04 Å². The number of nitrogens with zero attached hydrogens (tertiary/aromatic N) is 2. The van der Waals surface area contributed by atoms with E-state index in [1.165, 1.54) is 5.06 Å². The number of hydrogen-bond acceptors (Lipinski definition) is 3. The fraction of sp³-hybridized carbons (Fsp3) is 0.929. The summed E-state index contributed by atoms with van der Waals surface area (Å²) < 4.78 is 0.623. The van der Waals surface area contributed by atoms with Crippen LogP contribution in [0.4, 0.5) is 0 Å². The number of rotatable bonds is 3. The van der Waals surface area contributed by atoms with E-state index in [1.807, 2.05) is 27.7 Å². The third-order valence-electron chi connectivity index (χ3n) is 4.54. The van der Waals surface area contributed by atoms with Crippen LogP contribution in [-0.4, -0.2) is 58.8 Å². The minimum Gasteiger partial charge on any atom is -0.322 e. The predicted octanol–water partition coefficient (Wildman–Crippen LogP) is 2.06. The van der Waals surface area contributed by atoms with Gasteiger partial charge in [0.25, 0.3) is 0 Å². The van der Waals surface area contributed by atoms with Gasteiger partial charge in [0.1, 0.15) is 5.54 Å². The first-order valence-electron chi connectivity index (χ1n) is 6.87. The van der Waals surface area contributed by atoms with Crippen LogP contribution in [0.2, 0.25) is 0 Å². The maximum Gasteiger partial charge on any atom is 0.212 e. The van der Waals surface area contributed by atoms with Gasteiger partial charge >= 0.3 is 0 Å². The number of Topliss-reactive ketones (excluding diaryl/α,β-unsaturated/α-hetero) is 1. The van der Waals surface area contributed by atoms with Crippen LogP contribution in [-0.2, 0) is 4.79 Å². The molecule has 0 amide bonds. The molecule has 0 aliphatic carbocycles. The molecular weight excluding hydrogens is 228 g/mol. The largest absolute Gasteiger partial charge is 0.322 e. The van der Waals surface area contributed by atoms with Gasteiger partial charge < -0.3 is 9.69 Å². The zero-order valence-electron chi connectivity index (χ0n) is 12.9. The Balaban J connectivity index is 3.29. The molecule has 1 rings (SSSR count). The second-order valence-electron chi connectivity index (χ2n) is 7.06. The second kappa shape index (κ2) is 4.58. The Bertz CT molecular complexity index is 327. The van der Waals surface area contributed by atoms with Crippen molar-refractivity contribution in [2.75, 3.05) is 21.1 Å². The van der Waals surface area contributed by atoms with Crippen molar-refractivity contribution in [1.29, 1.82) is 0 Å². The normalized spacial score (nSPS) is 28.4. The van der Waals surface area contributed by atoms with E-state index in [1.54, 1.807) is 0 Å². The third kappa shape index (κ3) is 2.22. The van der Waals surface area contributed by atoms with Crippen LogP contribution in [0.5, 0.6) is 0 Å². The number of hydroxylamine groups is 2. The maximum atomic E-state index is 12.8. The standard InChI is InChI=1S/C14H29N2O2/c1-8-14(9-2)12(17)11(16(5,6)7)10-13(3,4)15(14)18/h11,18H,8-10H2,1-7H3/q+1. The summed E-state index contributed by atoms with van der Waals surface area (Å²) in [6.45, 7) is 8.00. The average molecular weight is 257 g/mol. The molecule has 1 atom stereocenters. The number of piperidine rings is 1. The smallest absolute Gasteiger partial charge is 0.212 e. The first kappa shape index (κ1) is 15.6. The van der Waals surface area contributed by atoms with Gasteiger partial charge in [-0.3, -0.25) is 4.79 Å². The molecule has 0 aromatic rings. The summed E-state index contributed by atoms with van der Waals surface area (Å²) in [6.07, 6.45) is 1.99. The van der Waals surface area contributed by atoms with Gasteiger partial charge in [-0.1, -0.05) is 13.8 Å². The number of carbonyl (C=O) groups is 1. The van der Waals surface area contributed by atoms with E-state index in [2.05, 4.69) is 21.1 Å². The molecule has 1 unspecified atom stereocenters. The first-order valence-corrected chi connectivity index (χ1v) is 6.87. The highest BCUT2D eigenvalue weighted by atomic mass is 16.5. The van der Waals surface area contributed by atoms with Gasteiger partial charge in [-0.15, -0.1) is 0 Å². The maximum absolute atomic E-state index is 12.8. The molecule has 1 fully saturated rings. The minimum atomic E-state index is -0.724. The lowest BCUT2D eigenvalue weighted by atomic mass is 9.72. The van der Waals surface area contributed by atoms with Crippen molar-refractivity contribution in [3.8, 4) is 0 Å². The van der Waals surface area contributed by atoms with Crippen molar-refractivity contribution in [2.45, 2.75) is 64.1 Å². The highest BCUT2D eigenvalue weighted by Crippen LogP contribution is 2.41. The molecule has 1 aliphatic heterocycles. The molecule has 0 aromatic carbocycles. The van der Waals surface area contributed by atoms with Crippen LogP contribution < -0.4 is 0 Å². The lowest BCUT2D eigenvalue weighted by molar-refractivity contribution is -0.888. The summed E-state index contributed by atoms with van der Waals surface area (Å²) in [5.41, 5.74) is -1.09. The molecule has 0 radical (unpaired) electrons. The molecule has 106 valence electrons. The molecule has 1 saturated heterocycles. The fourth-order valence-electron chi connectivity index (χ4n) is 3.17. The van der Waals surface area contributed by atoms with E-state index in [0.29, 0.717) is 23.7 Å². The van der Waals surface area contributed by atoms with Crippen molar-refractivity contribution >= 4 is 5.78 Å². The van der Waals surface area contributed by atoms with E-state index in [9.17, 15) is 10.0 Å². The van der Waals surface area contributed by atoms with Crippen molar-refractivity contribution in [1.82, 2.24) is 5.06 Å². The summed E-state index contributed by atoms with van der Waals surface area (Å²) >= 11 is 0. The molecule has 0 saturated carbocycles. The van der Waals surface area contributed by atoms with E-state index < -0.39 is 5.54 Å². The van der Waals surface area contributed by atoms with Crippen molar-refractivity contribution in [3.63, 3.8) is 0 Å². The van der Waals surface area contributed by atoms with Crippen LogP contribution in [0.1, 0.15) is 47.0 Å². The van der Waals surface area contributed by atoms with E-state index in [-0.39, 0.29) is 17.4 Å². The number of hydrogen-bond donors (Lipinski definition) is 1. The van der Waals surface area contributed by atoms with E-state index >= 15 is 0 Å². The van der Waals surface area contributed by atoms with Crippen LogP contribution in [0.3, 0.4) is 0 Å². The minimum absolute atomic E-state index is 0.0525. The molecule has 0 aromatic heterocycles. The van der Waals surface area contributed by atoms with E-state index in [4.69, 9.17) is 0 Å². The molecular formula is C14H29N2O2+. The molecule has 1 heterocycles. The van der Waals surface area contributed by atoms with Gasteiger partial charge in [0, 0.05) is 12.0 Å². The van der Waals surface area contributed by atoms with Crippen molar-refractivity contribution in [2.24, 2.45) is 0 Å². The zero-order valence-corrected chi connectivity index (χ0v) is 12.9. The van der Waals surface area contributed by atoms with Crippen LogP contribution in [0, 0.1) is 0 Å². The highest BCUT2D eigenvalue weighted by Gasteiger charge is 2.58. The van der Waals surface area contributed by atoms with Crippen molar-refractivity contribution < 1.29 is 14.5 Å². The molecule has 1 aliphatic rings. The Labute approximate surface area is 111 Å². The number of likely N-dealkylation sites (N-methyl/N-ethyl adjacent to an activating group) is 1. The van der Waals surface area contributed by atoms with Gasteiger partial charge in [0.2, 0.25) is 5.78 Å². The zero-order chi connectivity index (χ0) is 14.4. The lowest BCUT2D eigenvalue weighted by Crippen LogP contribution is -2.72. The summed E-state index contributed by atoms with van der Waals surface area (Å²) in [6, 6.07) is -0.0525. The van der Waals surface area contributed by atoms with Gasteiger partial charge in [-0.25, -0.2) is 0 Å². The summed E-state index contributed by atoms with van der Waals surface area (Å²) in [7, 11) is 6.17. The highest BCUT2D eigenvalue weighted by molar-refractivity contribution is 5.93. The Morgan fingerprint density at radius 3 is 2.06 bits per heavy atom. The van der Waals surface area contributed by atoms with Gasteiger partial charge in [0.05, 0.1) is 21.1 Å². The topological polar surface area (TPSA) is 40.5 Å². The monoisotopic (exact) mass is 257 g/mol. The quantitative estimate of drug-likeness (QED) is 0.787. The summed E-state index contributed by atoms with van der Waals surface area (Å²) in [5.74, 6) is 0.182. The second-order valence-corrected chi connectivity index (χ2v) is 7.06. The Morgan fingerprint density at radius 1 is 1.28 bits per heavy atom. The molecule has 0 spiro atoms. The molecule has 0 bridgehead atoms. The third-order valence-corrected chi connectivity index (χ3v) is 4.54. The number of quaternary nitrogens is 1. The van der Waals surface area contributed by atoms with Crippen LogP contribution in [0.15, 0.2) is 0 Å². The van der Waals surface area contributed by atoms with Gasteiger partial charge in [-0.2, -0.15) is 5.06 Å². The fourth-order valence-corrected chi connectivity index (χ4v) is 3.17. The van der Waals surface area contributed by atoms with Crippen molar-refractivity contribution in [3.05, 3.63) is 0 Å². The van der Waals surface area contributed by atoms with Crippen LogP contribution in [0.25, 0.3) is 0 Å². The summed E-state index contributed by atoms with van der Waals surface area (Å²) in [5, 5.41) is 11.8. The SMILES string of the molecule is CCC1(CC)C(=O)C([N+](C)(C)C)CC(C)(C)N1O. The van der Waals surface area contributed by atoms with Gasteiger partial charge in [-0.05, 0) is 26.7 Å². The Hall–Kier alpha value is -0.450. The Morgan fingerprint density at radius 2 is 1.72 bits per heavy atom. The molecule has 18 heavy (non-hydrogen) atoms. The molecule has 4 nitrogen and oxygen atoms in total. The predicted molar refractivity (Wildman–Crippen MR) is 72.5 cm³/mol. The number of carbonyl (C=O) groups excluding carboxylic acids is 1. The summed E-state index contributed by atoms with van der Waals surface area (Å²) in [4.78, 5) is 12.8. The Kier molecular flexibility index (Phi) is 3.97. The first-order chi connectivity index (χ1) is 8.03. The average Bonchev–Trinajstić information content (AvgIpc) is 2.25.